The second kappa shape index (κ2) is 10.4. The van der Waals surface area contributed by atoms with E-state index in [0.29, 0.717) is 30.4 Å². The molecule has 2 aromatic rings. The molecule has 2 atom stereocenters. The first-order valence-corrected chi connectivity index (χ1v) is 12.3. The molecule has 0 spiro atoms. The zero-order valence-corrected chi connectivity index (χ0v) is 20.5. The Bertz CT molecular complexity index is 937. The normalized spacial score (nSPS) is 17.3. The number of nitrogens with zero attached hydrogens (tertiary/aromatic N) is 1. The topological polar surface area (TPSA) is 58.6 Å². The molecule has 1 saturated heterocycles. The average Bonchev–Trinajstić information content (AvgIpc) is 3.09. The minimum Gasteiger partial charge on any atom is -0.492 e. The minimum atomic E-state index is -0.124. The molecule has 0 aliphatic carbocycles. The third-order valence-corrected chi connectivity index (χ3v) is 6.48. The predicted molar refractivity (Wildman–Crippen MR) is 133 cm³/mol. The molecule has 0 aromatic heterocycles. The summed E-state index contributed by atoms with van der Waals surface area (Å²) in [7, 11) is 0. The molecule has 6 heteroatoms. The van der Waals surface area contributed by atoms with Crippen LogP contribution in [0.3, 0.4) is 0 Å². The summed E-state index contributed by atoms with van der Waals surface area (Å²) in [4.78, 5) is 27.0. The number of thioether (sulfide) groups is 1. The van der Waals surface area contributed by atoms with Gasteiger partial charge in [0.05, 0.1) is 18.0 Å². The molecule has 0 bridgehead atoms. The standard InChI is InChI=1S/C26H34N2O3S/c1-6-31-22-10-8-7-9-21(22)28-24(30)17-32-25(28)19-11-13-20(14-12-19)27-23(29)15-18(2)16-26(3,4)5/h7-14,18,25H,6,15-17H2,1-5H3,(H,27,29)/t18-,25-/m1/s1. The highest BCUT2D eigenvalue weighted by Gasteiger charge is 2.35. The van der Waals surface area contributed by atoms with E-state index in [2.05, 4.69) is 33.0 Å². The van der Waals surface area contributed by atoms with Crippen LogP contribution in [0.4, 0.5) is 11.4 Å². The molecule has 3 rings (SSSR count). The number of carbonyl (C=O) groups is 2. The zero-order chi connectivity index (χ0) is 23.3. The lowest BCUT2D eigenvalue weighted by molar-refractivity contribution is -0.117. The van der Waals surface area contributed by atoms with E-state index in [1.165, 1.54) is 0 Å². The van der Waals surface area contributed by atoms with Gasteiger partial charge in [0.2, 0.25) is 11.8 Å². The fourth-order valence-electron chi connectivity index (χ4n) is 4.24. The van der Waals surface area contributed by atoms with Gasteiger partial charge >= 0.3 is 0 Å². The number of nitrogens with one attached hydrogen (secondary N) is 1. The average molecular weight is 455 g/mol. The van der Waals surface area contributed by atoms with Crippen molar-refractivity contribution in [2.24, 2.45) is 11.3 Å². The van der Waals surface area contributed by atoms with E-state index in [9.17, 15) is 9.59 Å². The van der Waals surface area contributed by atoms with E-state index < -0.39 is 0 Å². The Balaban J connectivity index is 1.70. The van der Waals surface area contributed by atoms with Crippen molar-refractivity contribution in [1.29, 1.82) is 0 Å². The lowest BCUT2D eigenvalue weighted by Gasteiger charge is -2.26. The predicted octanol–water partition coefficient (Wildman–Crippen LogP) is 6.26. The van der Waals surface area contributed by atoms with E-state index in [1.54, 1.807) is 11.8 Å². The Morgan fingerprint density at radius 3 is 2.53 bits per heavy atom. The van der Waals surface area contributed by atoms with Gasteiger partial charge in [-0.15, -0.1) is 11.8 Å². The smallest absolute Gasteiger partial charge is 0.238 e. The molecule has 1 aliphatic heterocycles. The molecule has 32 heavy (non-hydrogen) atoms. The Morgan fingerprint density at radius 2 is 1.88 bits per heavy atom. The second-order valence-corrected chi connectivity index (χ2v) is 10.6. The summed E-state index contributed by atoms with van der Waals surface area (Å²) in [6.07, 6.45) is 1.51. The highest BCUT2D eigenvalue weighted by atomic mass is 32.2. The summed E-state index contributed by atoms with van der Waals surface area (Å²) in [6.45, 7) is 11.2. The third-order valence-electron chi connectivity index (χ3n) is 5.27. The SMILES string of the molecule is CCOc1ccccc1N1C(=O)CS[C@@H]1c1ccc(NC(=O)C[C@@H](C)CC(C)(C)C)cc1. The molecule has 1 aliphatic rings. The molecule has 2 aromatic carbocycles. The van der Waals surface area contributed by atoms with Crippen molar-refractivity contribution < 1.29 is 14.3 Å². The van der Waals surface area contributed by atoms with Crippen LogP contribution in [-0.2, 0) is 9.59 Å². The first-order chi connectivity index (χ1) is 15.2. The molecule has 0 saturated carbocycles. The van der Waals surface area contributed by atoms with Gasteiger partial charge in [-0.3, -0.25) is 14.5 Å². The molecular weight excluding hydrogens is 420 g/mol. The van der Waals surface area contributed by atoms with Crippen LogP contribution in [0.15, 0.2) is 48.5 Å². The van der Waals surface area contributed by atoms with Gasteiger partial charge in [-0.2, -0.15) is 0 Å². The van der Waals surface area contributed by atoms with E-state index in [1.807, 2.05) is 60.4 Å². The monoisotopic (exact) mass is 454 g/mol. The Morgan fingerprint density at radius 1 is 1.19 bits per heavy atom. The number of hydrogen-bond acceptors (Lipinski definition) is 4. The summed E-state index contributed by atoms with van der Waals surface area (Å²) in [5.41, 5.74) is 2.80. The van der Waals surface area contributed by atoms with E-state index in [0.717, 1.165) is 23.4 Å². The minimum absolute atomic E-state index is 0.0344. The highest BCUT2D eigenvalue weighted by Crippen LogP contribution is 2.44. The molecule has 0 unspecified atom stereocenters. The largest absolute Gasteiger partial charge is 0.492 e. The first-order valence-electron chi connectivity index (χ1n) is 11.2. The van der Waals surface area contributed by atoms with Crippen molar-refractivity contribution in [3.8, 4) is 5.75 Å². The molecule has 1 N–H and O–H groups in total. The lowest BCUT2D eigenvalue weighted by Crippen LogP contribution is -2.28. The summed E-state index contributed by atoms with van der Waals surface area (Å²) in [5.74, 6) is 1.57. The van der Waals surface area contributed by atoms with Crippen LogP contribution in [0.1, 0.15) is 58.4 Å². The maximum Gasteiger partial charge on any atom is 0.238 e. The van der Waals surface area contributed by atoms with Crippen molar-refractivity contribution in [2.45, 2.75) is 52.8 Å². The fourth-order valence-corrected chi connectivity index (χ4v) is 5.41. The van der Waals surface area contributed by atoms with Gasteiger partial charge in [-0.05, 0) is 54.5 Å². The Labute approximate surface area is 195 Å². The Hall–Kier alpha value is -2.47. The van der Waals surface area contributed by atoms with Gasteiger partial charge in [0.15, 0.2) is 0 Å². The van der Waals surface area contributed by atoms with Crippen molar-refractivity contribution in [1.82, 2.24) is 0 Å². The number of carbonyl (C=O) groups excluding carboxylic acids is 2. The fraction of sp³-hybridized carbons (Fsp3) is 0.462. The molecular formula is C26H34N2O3S. The van der Waals surface area contributed by atoms with Gasteiger partial charge in [-0.25, -0.2) is 0 Å². The lowest BCUT2D eigenvalue weighted by atomic mass is 9.84. The quantitative estimate of drug-likeness (QED) is 0.511. The van der Waals surface area contributed by atoms with Gasteiger partial charge in [-0.1, -0.05) is 52.0 Å². The van der Waals surface area contributed by atoms with Crippen molar-refractivity contribution in [3.05, 3.63) is 54.1 Å². The van der Waals surface area contributed by atoms with Crippen LogP contribution in [0.5, 0.6) is 5.75 Å². The van der Waals surface area contributed by atoms with Gasteiger partial charge in [0.25, 0.3) is 0 Å². The third kappa shape index (κ3) is 6.28. The molecule has 1 heterocycles. The molecule has 0 radical (unpaired) electrons. The van der Waals surface area contributed by atoms with Crippen LogP contribution < -0.4 is 15.0 Å². The maximum absolute atomic E-state index is 12.7. The molecule has 172 valence electrons. The number of benzene rings is 2. The number of rotatable bonds is 8. The maximum atomic E-state index is 12.7. The number of amides is 2. The van der Waals surface area contributed by atoms with E-state index in [4.69, 9.17) is 4.74 Å². The van der Waals surface area contributed by atoms with Crippen molar-refractivity contribution in [2.75, 3.05) is 22.6 Å². The highest BCUT2D eigenvalue weighted by molar-refractivity contribution is 8.00. The second-order valence-electron chi connectivity index (χ2n) is 9.57. The summed E-state index contributed by atoms with van der Waals surface area (Å²) >= 11 is 1.60. The number of ether oxygens (including phenoxy) is 1. The molecule has 1 fully saturated rings. The molecule has 2 amide bonds. The van der Waals surface area contributed by atoms with Crippen molar-refractivity contribution >= 4 is 35.0 Å². The Kier molecular flexibility index (Phi) is 7.88. The number of anilines is 2. The summed E-state index contributed by atoms with van der Waals surface area (Å²) in [6, 6.07) is 15.5. The zero-order valence-electron chi connectivity index (χ0n) is 19.7. The van der Waals surface area contributed by atoms with E-state index in [-0.39, 0.29) is 22.6 Å². The van der Waals surface area contributed by atoms with Gasteiger partial charge in [0.1, 0.15) is 11.1 Å². The summed E-state index contributed by atoms with van der Waals surface area (Å²) < 4.78 is 5.76. The van der Waals surface area contributed by atoms with Crippen LogP contribution in [-0.4, -0.2) is 24.2 Å². The number of hydrogen-bond donors (Lipinski definition) is 1. The molecule has 5 nitrogen and oxygen atoms in total. The van der Waals surface area contributed by atoms with Crippen LogP contribution in [0.25, 0.3) is 0 Å². The van der Waals surface area contributed by atoms with Gasteiger partial charge in [0, 0.05) is 12.1 Å². The van der Waals surface area contributed by atoms with Crippen molar-refractivity contribution in [3.63, 3.8) is 0 Å². The van der Waals surface area contributed by atoms with Crippen LogP contribution in [0.2, 0.25) is 0 Å². The van der Waals surface area contributed by atoms with E-state index >= 15 is 0 Å². The van der Waals surface area contributed by atoms with Crippen LogP contribution >= 0.6 is 11.8 Å². The summed E-state index contributed by atoms with van der Waals surface area (Å²) in [5, 5.41) is 2.88. The first kappa shape index (κ1) is 24.2. The van der Waals surface area contributed by atoms with Crippen LogP contribution in [0, 0.1) is 11.3 Å². The number of para-hydroxylation sites is 2. The van der Waals surface area contributed by atoms with Gasteiger partial charge < -0.3 is 10.1 Å².